The van der Waals surface area contributed by atoms with Gasteiger partial charge >= 0.3 is 6.18 Å². The highest BCUT2D eigenvalue weighted by molar-refractivity contribution is 5.54. The second-order valence-electron chi connectivity index (χ2n) is 6.98. The second kappa shape index (κ2) is 7.34. The lowest BCUT2D eigenvalue weighted by molar-refractivity contribution is -0.137. The maximum absolute atomic E-state index is 12.7. The van der Waals surface area contributed by atoms with E-state index >= 15 is 0 Å². The summed E-state index contributed by atoms with van der Waals surface area (Å²) >= 11 is 0. The first kappa shape index (κ1) is 18.6. The van der Waals surface area contributed by atoms with Gasteiger partial charge in [-0.15, -0.1) is 5.10 Å². The molecular weight excluding hydrogens is 373 g/mol. The van der Waals surface area contributed by atoms with Gasteiger partial charge in [-0.05, 0) is 31.5 Å². The Bertz CT molecular complexity index is 933. The molecule has 0 N–H and O–H groups in total. The molecule has 0 bridgehead atoms. The Kier molecular flexibility index (Phi) is 4.88. The van der Waals surface area contributed by atoms with Crippen LogP contribution in [-0.4, -0.2) is 43.1 Å². The molecule has 4 rings (SSSR count). The van der Waals surface area contributed by atoms with Gasteiger partial charge in [-0.3, -0.25) is 9.58 Å². The molecule has 1 aromatic carbocycles. The van der Waals surface area contributed by atoms with E-state index in [1.54, 1.807) is 4.68 Å². The van der Waals surface area contributed by atoms with Crippen molar-refractivity contribution in [1.29, 1.82) is 0 Å². The molecule has 10 heteroatoms. The summed E-state index contributed by atoms with van der Waals surface area (Å²) < 4.78 is 45.0. The highest BCUT2D eigenvalue weighted by atomic mass is 19.4. The summed E-state index contributed by atoms with van der Waals surface area (Å²) in [7, 11) is 1.85. The maximum Gasteiger partial charge on any atom is 0.416 e. The minimum Gasteiger partial charge on any atom is -0.338 e. The fourth-order valence-electron chi connectivity index (χ4n) is 3.43. The SMILES string of the molecule is Cn1cc(C2CCCN(Cc3nc(-c4ccc(C(F)(F)F)cc4)no3)C2)nn1. The minimum atomic E-state index is -4.37. The molecule has 28 heavy (non-hydrogen) atoms. The van der Waals surface area contributed by atoms with Crippen molar-refractivity contribution < 1.29 is 17.7 Å². The Morgan fingerprint density at radius 2 is 2.00 bits per heavy atom. The van der Waals surface area contributed by atoms with Gasteiger partial charge in [-0.25, -0.2) is 0 Å². The fourth-order valence-corrected chi connectivity index (χ4v) is 3.43. The Labute approximate surface area is 159 Å². The normalized spacial score (nSPS) is 18.5. The fraction of sp³-hybridized carbons (Fsp3) is 0.444. The van der Waals surface area contributed by atoms with Crippen molar-refractivity contribution in [3.8, 4) is 11.4 Å². The number of nitrogens with zero attached hydrogens (tertiary/aromatic N) is 6. The summed E-state index contributed by atoms with van der Waals surface area (Å²) in [6, 6.07) is 4.73. The largest absolute Gasteiger partial charge is 0.416 e. The number of likely N-dealkylation sites (tertiary alicyclic amines) is 1. The molecule has 0 radical (unpaired) electrons. The van der Waals surface area contributed by atoms with Gasteiger partial charge in [-0.1, -0.05) is 22.5 Å². The molecule has 3 aromatic rings. The zero-order valence-electron chi connectivity index (χ0n) is 15.2. The number of hydrogen-bond acceptors (Lipinski definition) is 6. The molecule has 0 saturated carbocycles. The Hall–Kier alpha value is -2.75. The van der Waals surface area contributed by atoms with Crippen LogP contribution in [0.3, 0.4) is 0 Å². The van der Waals surface area contributed by atoms with Crippen LogP contribution in [0.5, 0.6) is 0 Å². The molecule has 1 aliphatic rings. The van der Waals surface area contributed by atoms with Crippen LogP contribution in [0.25, 0.3) is 11.4 Å². The summed E-state index contributed by atoms with van der Waals surface area (Å²) in [6.07, 6.45) is -0.352. The number of rotatable bonds is 4. The summed E-state index contributed by atoms with van der Waals surface area (Å²) in [6.45, 7) is 2.22. The number of halogens is 3. The average molecular weight is 392 g/mol. The van der Waals surface area contributed by atoms with Crippen LogP contribution in [0, 0.1) is 0 Å². The number of alkyl halides is 3. The van der Waals surface area contributed by atoms with Gasteiger partial charge in [0.15, 0.2) is 0 Å². The summed E-state index contributed by atoms with van der Waals surface area (Å²) in [5.74, 6) is 1.03. The third kappa shape index (κ3) is 4.06. The molecule has 0 spiro atoms. The molecule has 7 nitrogen and oxygen atoms in total. The average Bonchev–Trinajstić information content (AvgIpc) is 3.31. The van der Waals surface area contributed by atoms with Crippen LogP contribution >= 0.6 is 0 Å². The van der Waals surface area contributed by atoms with E-state index in [9.17, 15) is 13.2 Å². The van der Waals surface area contributed by atoms with Crippen LogP contribution < -0.4 is 0 Å². The predicted molar refractivity (Wildman–Crippen MR) is 93.0 cm³/mol. The Morgan fingerprint density at radius 3 is 2.68 bits per heavy atom. The first-order valence-corrected chi connectivity index (χ1v) is 8.97. The molecule has 3 heterocycles. The highest BCUT2D eigenvalue weighted by Gasteiger charge is 2.30. The minimum absolute atomic E-state index is 0.284. The summed E-state index contributed by atoms with van der Waals surface area (Å²) in [5.41, 5.74) is 0.755. The molecule has 1 unspecified atom stereocenters. The lowest BCUT2D eigenvalue weighted by Crippen LogP contribution is -2.34. The molecule has 0 aliphatic carbocycles. The number of aromatic nitrogens is 5. The Balaban J connectivity index is 1.42. The number of benzene rings is 1. The number of hydrogen-bond donors (Lipinski definition) is 0. The van der Waals surface area contributed by atoms with Gasteiger partial charge in [0.2, 0.25) is 11.7 Å². The third-order valence-corrected chi connectivity index (χ3v) is 4.84. The molecule has 1 saturated heterocycles. The van der Waals surface area contributed by atoms with E-state index in [-0.39, 0.29) is 5.82 Å². The summed E-state index contributed by atoms with van der Waals surface area (Å²) in [5, 5.41) is 12.1. The second-order valence-corrected chi connectivity index (χ2v) is 6.98. The van der Waals surface area contributed by atoms with Crippen LogP contribution in [0.4, 0.5) is 13.2 Å². The molecule has 1 aliphatic heterocycles. The van der Waals surface area contributed by atoms with Gasteiger partial charge in [0.1, 0.15) is 0 Å². The molecule has 2 aromatic heterocycles. The van der Waals surface area contributed by atoms with E-state index in [0.29, 0.717) is 23.9 Å². The van der Waals surface area contributed by atoms with Crippen LogP contribution in [0.15, 0.2) is 35.0 Å². The quantitative estimate of drug-likeness (QED) is 0.679. The molecule has 1 atom stereocenters. The standard InChI is InChI=1S/C18H19F3N6O/c1-26-10-15(23-25-26)13-3-2-8-27(9-13)11-16-22-17(24-28-16)12-4-6-14(7-5-12)18(19,20)21/h4-7,10,13H,2-3,8-9,11H2,1H3. The van der Waals surface area contributed by atoms with E-state index in [1.165, 1.54) is 12.1 Å². The lowest BCUT2D eigenvalue weighted by Gasteiger charge is -2.30. The number of piperidine rings is 1. The van der Waals surface area contributed by atoms with Gasteiger partial charge in [0.25, 0.3) is 0 Å². The predicted octanol–water partition coefficient (Wildman–Crippen LogP) is 3.26. The van der Waals surface area contributed by atoms with E-state index in [2.05, 4.69) is 25.4 Å². The topological polar surface area (TPSA) is 72.9 Å². The van der Waals surface area contributed by atoms with Crippen molar-refractivity contribution in [2.75, 3.05) is 13.1 Å². The van der Waals surface area contributed by atoms with E-state index < -0.39 is 11.7 Å². The van der Waals surface area contributed by atoms with Crippen molar-refractivity contribution in [1.82, 2.24) is 30.0 Å². The van der Waals surface area contributed by atoms with Crippen molar-refractivity contribution >= 4 is 0 Å². The molecule has 148 valence electrons. The molecule has 0 amide bonds. The van der Waals surface area contributed by atoms with E-state index in [0.717, 1.165) is 43.8 Å². The zero-order valence-corrected chi connectivity index (χ0v) is 15.2. The van der Waals surface area contributed by atoms with Crippen LogP contribution in [0.2, 0.25) is 0 Å². The summed E-state index contributed by atoms with van der Waals surface area (Å²) in [4.78, 5) is 6.55. The van der Waals surface area contributed by atoms with Crippen LogP contribution in [0.1, 0.15) is 35.9 Å². The monoisotopic (exact) mass is 392 g/mol. The Morgan fingerprint density at radius 1 is 1.21 bits per heavy atom. The van der Waals surface area contributed by atoms with Gasteiger partial charge < -0.3 is 4.52 Å². The number of aryl methyl sites for hydroxylation is 1. The van der Waals surface area contributed by atoms with Crippen molar-refractivity contribution in [3.05, 3.63) is 47.6 Å². The van der Waals surface area contributed by atoms with E-state index in [4.69, 9.17) is 4.52 Å². The van der Waals surface area contributed by atoms with Crippen LogP contribution in [-0.2, 0) is 19.8 Å². The maximum atomic E-state index is 12.7. The first-order chi connectivity index (χ1) is 13.4. The zero-order chi connectivity index (χ0) is 19.7. The van der Waals surface area contributed by atoms with Gasteiger partial charge in [0, 0.05) is 31.3 Å². The molecule has 1 fully saturated rings. The van der Waals surface area contributed by atoms with Gasteiger partial charge in [0.05, 0.1) is 17.8 Å². The van der Waals surface area contributed by atoms with E-state index in [1.807, 2.05) is 13.2 Å². The van der Waals surface area contributed by atoms with Crippen molar-refractivity contribution in [2.45, 2.75) is 31.5 Å². The first-order valence-electron chi connectivity index (χ1n) is 8.97. The van der Waals surface area contributed by atoms with Crippen molar-refractivity contribution in [3.63, 3.8) is 0 Å². The smallest absolute Gasteiger partial charge is 0.338 e. The van der Waals surface area contributed by atoms with Gasteiger partial charge in [-0.2, -0.15) is 18.2 Å². The highest BCUT2D eigenvalue weighted by Crippen LogP contribution is 2.30. The van der Waals surface area contributed by atoms with Crippen molar-refractivity contribution in [2.24, 2.45) is 7.05 Å². The lowest BCUT2D eigenvalue weighted by atomic mass is 9.95. The molecular formula is C18H19F3N6O. The third-order valence-electron chi connectivity index (χ3n) is 4.84.